The summed E-state index contributed by atoms with van der Waals surface area (Å²) < 4.78 is 11.0. The number of ketones is 1. The van der Waals surface area contributed by atoms with Gasteiger partial charge in [-0.05, 0) is 26.1 Å². The molecule has 3 aromatic rings. The third-order valence-corrected chi connectivity index (χ3v) is 3.19. The molecular formula is C14H13NO3. The molecule has 3 rings (SSSR count). The standard InChI is InChI=1S/C14H13NO3/c1-8-9-3-5-18-14(9)12(11(16)7-15-2)10-4-6-17-13(8)10/h3-6,15H,7H2,1-2H3. The zero-order chi connectivity index (χ0) is 12.7. The Bertz CT molecular complexity index is 684. The van der Waals surface area contributed by atoms with Crippen molar-refractivity contribution >= 4 is 27.7 Å². The zero-order valence-corrected chi connectivity index (χ0v) is 10.2. The summed E-state index contributed by atoms with van der Waals surface area (Å²) in [5.74, 6) is 0.00356. The van der Waals surface area contributed by atoms with Crippen LogP contribution in [0.3, 0.4) is 0 Å². The third kappa shape index (κ3) is 1.39. The molecular weight excluding hydrogens is 230 g/mol. The maximum Gasteiger partial charge on any atom is 0.181 e. The molecule has 0 spiro atoms. The summed E-state index contributed by atoms with van der Waals surface area (Å²) >= 11 is 0. The molecule has 0 unspecified atom stereocenters. The maximum absolute atomic E-state index is 12.2. The fourth-order valence-electron chi connectivity index (χ4n) is 2.37. The lowest BCUT2D eigenvalue weighted by atomic mass is 9.99. The van der Waals surface area contributed by atoms with E-state index in [1.54, 1.807) is 19.6 Å². The van der Waals surface area contributed by atoms with Crippen molar-refractivity contribution in [2.24, 2.45) is 0 Å². The SMILES string of the molecule is CNCC(=O)c1c2ccoc2c(C)c2ccoc12. The summed E-state index contributed by atoms with van der Waals surface area (Å²) in [5, 5.41) is 4.62. The summed E-state index contributed by atoms with van der Waals surface area (Å²) in [4.78, 5) is 12.2. The third-order valence-electron chi connectivity index (χ3n) is 3.19. The molecule has 0 aliphatic heterocycles. The molecule has 0 aliphatic carbocycles. The van der Waals surface area contributed by atoms with E-state index in [0.717, 1.165) is 21.9 Å². The highest BCUT2D eigenvalue weighted by Crippen LogP contribution is 2.33. The number of aryl methyl sites for hydroxylation is 1. The first-order chi connectivity index (χ1) is 8.74. The normalized spacial score (nSPS) is 11.4. The topological polar surface area (TPSA) is 55.4 Å². The van der Waals surface area contributed by atoms with Crippen molar-refractivity contribution in [2.75, 3.05) is 13.6 Å². The second kappa shape index (κ2) is 3.99. The first kappa shape index (κ1) is 11.0. The Hall–Kier alpha value is -2.07. The van der Waals surface area contributed by atoms with E-state index < -0.39 is 0 Å². The predicted molar refractivity (Wildman–Crippen MR) is 69.0 cm³/mol. The molecule has 0 saturated carbocycles. The molecule has 2 aromatic heterocycles. The van der Waals surface area contributed by atoms with Crippen molar-refractivity contribution in [1.82, 2.24) is 5.32 Å². The van der Waals surface area contributed by atoms with Crippen LogP contribution in [0.2, 0.25) is 0 Å². The van der Waals surface area contributed by atoms with Crippen molar-refractivity contribution < 1.29 is 13.6 Å². The van der Waals surface area contributed by atoms with Crippen LogP contribution in [0.25, 0.3) is 21.9 Å². The van der Waals surface area contributed by atoms with Gasteiger partial charge in [0.15, 0.2) is 5.78 Å². The first-order valence-corrected chi connectivity index (χ1v) is 5.78. The van der Waals surface area contributed by atoms with E-state index in [9.17, 15) is 4.79 Å². The molecule has 2 heterocycles. The van der Waals surface area contributed by atoms with Gasteiger partial charge >= 0.3 is 0 Å². The molecule has 18 heavy (non-hydrogen) atoms. The molecule has 0 fully saturated rings. The number of rotatable bonds is 3. The lowest BCUT2D eigenvalue weighted by Crippen LogP contribution is -2.19. The first-order valence-electron chi connectivity index (χ1n) is 5.78. The molecule has 1 aromatic carbocycles. The summed E-state index contributed by atoms with van der Waals surface area (Å²) in [6.45, 7) is 2.25. The van der Waals surface area contributed by atoms with Gasteiger partial charge in [0.1, 0.15) is 11.2 Å². The monoisotopic (exact) mass is 243 g/mol. The molecule has 0 aliphatic rings. The van der Waals surface area contributed by atoms with Gasteiger partial charge in [-0.2, -0.15) is 0 Å². The van der Waals surface area contributed by atoms with E-state index in [2.05, 4.69) is 5.32 Å². The average Bonchev–Trinajstić information content (AvgIpc) is 2.97. The van der Waals surface area contributed by atoms with Gasteiger partial charge in [0.05, 0.1) is 24.6 Å². The fourth-order valence-corrected chi connectivity index (χ4v) is 2.37. The Morgan fingerprint density at radius 1 is 1.17 bits per heavy atom. The van der Waals surface area contributed by atoms with Gasteiger partial charge in [0.2, 0.25) is 0 Å². The summed E-state index contributed by atoms with van der Waals surface area (Å²) in [6.07, 6.45) is 3.21. The van der Waals surface area contributed by atoms with Gasteiger partial charge in [-0.25, -0.2) is 0 Å². The number of nitrogens with one attached hydrogen (secondary N) is 1. The summed E-state index contributed by atoms with van der Waals surface area (Å²) in [6, 6.07) is 3.68. The molecule has 4 heteroatoms. The molecule has 4 nitrogen and oxygen atoms in total. The Kier molecular flexibility index (Phi) is 2.45. The lowest BCUT2D eigenvalue weighted by molar-refractivity contribution is 0.0996. The van der Waals surface area contributed by atoms with Gasteiger partial charge < -0.3 is 14.2 Å². The molecule has 0 atom stereocenters. The number of benzene rings is 1. The lowest BCUT2D eigenvalue weighted by Gasteiger charge is -2.05. The predicted octanol–water partition coefficient (Wildman–Crippen LogP) is 2.89. The van der Waals surface area contributed by atoms with Crippen molar-refractivity contribution in [3.63, 3.8) is 0 Å². The maximum atomic E-state index is 12.2. The number of carbonyl (C=O) groups is 1. The average molecular weight is 243 g/mol. The van der Waals surface area contributed by atoms with Crippen molar-refractivity contribution in [1.29, 1.82) is 0 Å². The van der Waals surface area contributed by atoms with Crippen molar-refractivity contribution in [3.05, 3.63) is 35.8 Å². The number of hydrogen-bond acceptors (Lipinski definition) is 4. The van der Waals surface area contributed by atoms with E-state index in [1.807, 2.05) is 19.1 Å². The van der Waals surface area contributed by atoms with E-state index in [4.69, 9.17) is 8.83 Å². The molecule has 0 bridgehead atoms. The highest BCUT2D eigenvalue weighted by Gasteiger charge is 2.20. The van der Waals surface area contributed by atoms with Crippen LogP contribution in [0.4, 0.5) is 0 Å². The minimum absolute atomic E-state index is 0.00356. The molecule has 0 radical (unpaired) electrons. The van der Waals surface area contributed by atoms with E-state index >= 15 is 0 Å². The molecule has 0 amide bonds. The smallest absolute Gasteiger partial charge is 0.181 e. The number of carbonyl (C=O) groups excluding carboxylic acids is 1. The second-order valence-electron chi connectivity index (χ2n) is 4.28. The van der Waals surface area contributed by atoms with Gasteiger partial charge in [0, 0.05) is 16.3 Å². The summed E-state index contributed by atoms with van der Waals surface area (Å²) in [7, 11) is 1.75. The molecule has 1 N–H and O–H groups in total. The quantitative estimate of drug-likeness (QED) is 0.718. The largest absolute Gasteiger partial charge is 0.464 e. The van der Waals surface area contributed by atoms with Crippen molar-refractivity contribution in [3.8, 4) is 0 Å². The fraction of sp³-hybridized carbons (Fsp3) is 0.214. The Labute approximate surface area is 104 Å². The zero-order valence-electron chi connectivity index (χ0n) is 10.2. The van der Waals surface area contributed by atoms with Crippen LogP contribution in [0.1, 0.15) is 15.9 Å². The number of furan rings is 2. The second-order valence-corrected chi connectivity index (χ2v) is 4.28. The Morgan fingerprint density at radius 3 is 2.56 bits per heavy atom. The van der Waals surface area contributed by atoms with Gasteiger partial charge in [-0.1, -0.05) is 0 Å². The van der Waals surface area contributed by atoms with Crippen LogP contribution < -0.4 is 5.32 Å². The molecule has 0 saturated heterocycles. The van der Waals surface area contributed by atoms with Gasteiger partial charge in [0.25, 0.3) is 0 Å². The van der Waals surface area contributed by atoms with Crippen LogP contribution in [-0.2, 0) is 0 Å². The number of hydrogen-bond donors (Lipinski definition) is 1. The molecule has 92 valence electrons. The van der Waals surface area contributed by atoms with Crippen molar-refractivity contribution in [2.45, 2.75) is 6.92 Å². The van der Waals surface area contributed by atoms with E-state index in [1.165, 1.54) is 0 Å². The highest BCUT2D eigenvalue weighted by atomic mass is 16.3. The highest BCUT2D eigenvalue weighted by molar-refractivity contribution is 6.18. The van der Waals surface area contributed by atoms with Gasteiger partial charge in [-0.15, -0.1) is 0 Å². The number of Topliss-reactive ketones (excluding diaryl/α,β-unsaturated/α-hetero) is 1. The van der Waals surface area contributed by atoms with Crippen LogP contribution in [0.5, 0.6) is 0 Å². The van der Waals surface area contributed by atoms with Crippen LogP contribution in [0, 0.1) is 6.92 Å². The minimum Gasteiger partial charge on any atom is -0.464 e. The number of likely N-dealkylation sites (N-methyl/N-ethyl adjacent to an activating group) is 1. The van der Waals surface area contributed by atoms with Crippen LogP contribution >= 0.6 is 0 Å². The summed E-state index contributed by atoms with van der Waals surface area (Å²) in [5.41, 5.74) is 2.99. The Balaban J connectivity index is 2.43. The van der Waals surface area contributed by atoms with Crippen LogP contribution in [0.15, 0.2) is 33.5 Å². The Morgan fingerprint density at radius 2 is 1.83 bits per heavy atom. The number of fused-ring (bicyclic) bond motifs is 2. The van der Waals surface area contributed by atoms with Crippen LogP contribution in [-0.4, -0.2) is 19.4 Å². The van der Waals surface area contributed by atoms with E-state index in [-0.39, 0.29) is 12.3 Å². The minimum atomic E-state index is 0.00356. The van der Waals surface area contributed by atoms with E-state index in [0.29, 0.717) is 11.1 Å². The van der Waals surface area contributed by atoms with Gasteiger partial charge in [-0.3, -0.25) is 4.79 Å².